The number of amides is 2. The van der Waals surface area contributed by atoms with Gasteiger partial charge in [0.15, 0.2) is 0 Å². The van der Waals surface area contributed by atoms with Crippen LogP contribution in [0.25, 0.3) is 0 Å². The average molecular weight is 338 g/mol. The molecule has 0 radical (unpaired) electrons. The Balaban J connectivity index is 1.52. The molecule has 1 aromatic carbocycles. The van der Waals surface area contributed by atoms with Crippen molar-refractivity contribution in [2.24, 2.45) is 0 Å². The van der Waals surface area contributed by atoms with Crippen molar-refractivity contribution in [2.75, 3.05) is 13.1 Å². The number of rotatable bonds is 2. The van der Waals surface area contributed by atoms with Crippen molar-refractivity contribution in [1.29, 1.82) is 0 Å². The molecule has 5 heteroatoms. The molecule has 0 aliphatic carbocycles. The van der Waals surface area contributed by atoms with Gasteiger partial charge in [0.25, 0.3) is 5.91 Å². The first kappa shape index (κ1) is 15.9. The van der Waals surface area contributed by atoms with Crippen molar-refractivity contribution < 1.29 is 14.0 Å². The van der Waals surface area contributed by atoms with Gasteiger partial charge in [-0.3, -0.25) is 9.59 Å². The summed E-state index contributed by atoms with van der Waals surface area (Å²) in [5.74, 6) is 0.955. The minimum atomic E-state index is -0.235. The number of carbonyl (C=O) groups is 2. The quantitative estimate of drug-likeness (QED) is 0.916. The largest absolute Gasteiger partial charge is 0.469 e. The summed E-state index contributed by atoms with van der Waals surface area (Å²) in [6, 6.07) is 12.0. The molecule has 0 saturated carbocycles. The van der Waals surface area contributed by atoms with E-state index in [1.54, 1.807) is 19.3 Å². The highest BCUT2D eigenvalue weighted by Gasteiger charge is 2.49. The van der Waals surface area contributed by atoms with Gasteiger partial charge in [-0.15, -0.1) is 0 Å². The van der Waals surface area contributed by atoms with Crippen molar-refractivity contribution >= 4 is 11.8 Å². The predicted octanol–water partition coefficient (Wildman–Crippen LogP) is 2.87. The van der Waals surface area contributed by atoms with E-state index in [1.165, 1.54) is 5.56 Å². The number of aryl methyl sites for hydroxylation is 1. The number of piperidine rings is 1. The van der Waals surface area contributed by atoms with E-state index < -0.39 is 0 Å². The topological polar surface area (TPSA) is 62.6 Å². The molecule has 2 fully saturated rings. The molecule has 1 N–H and O–H groups in total. The van der Waals surface area contributed by atoms with E-state index in [9.17, 15) is 9.59 Å². The van der Waals surface area contributed by atoms with Gasteiger partial charge in [-0.25, -0.2) is 0 Å². The summed E-state index contributed by atoms with van der Waals surface area (Å²) in [5, 5.41) is 3.23. The Morgan fingerprint density at radius 1 is 1.20 bits per heavy atom. The van der Waals surface area contributed by atoms with E-state index >= 15 is 0 Å². The van der Waals surface area contributed by atoms with Gasteiger partial charge in [-0.1, -0.05) is 30.3 Å². The number of nitrogens with zero attached hydrogens (tertiary/aromatic N) is 1. The van der Waals surface area contributed by atoms with Crippen LogP contribution in [0.3, 0.4) is 0 Å². The van der Waals surface area contributed by atoms with Gasteiger partial charge >= 0.3 is 0 Å². The van der Waals surface area contributed by atoms with Gasteiger partial charge in [0, 0.05) is 25.4 Å². The fourth-order valence-electron chi connectivity index (χ4n) is 4.28. The van der Waals surface area contributed by atoms with E-state index in [1.807, 2.05) is 23.1 Å². The third kappa shape index (κ3) is 2.73. The van der Waals surface area contributed by atoms with Crippen LogP contribution in [0.5, 0.6) is 0 Å². The first-order valence-corrected chi connectivity index (χ1v) is 8.78. The molecule has 1 spiro atoms. The third-order valence-corrected chi connectivity index (χ3v) is 5.68. The van der Waals surface area contributed by atoms with Crippen LogP contribution in [0, 0.1) is 6.92 Å². The highest BCUT2D eigenvalue weighted by atomic mass is 16.3. The van der Waals surface area contributed by atoms with E-state index in [4.69, 9.17) is 4.42 Å². The highest BCUT2D eigenvalue weighted by Crippen LogP contribution is 2.43. The van der Waals surface area contributed by atoms with E-state index in [0.29, 0.717) is 30.8 Å². The van der Waals surface area contributed by atoms with Gasteiger partial charge in [-0.05, 0) is 31.4 Å². The SMILES string of the molecule is Cc1occc1C(=O)N1CCC2(CC1)NC(=O)CC2c1ccccc1. The zero-order chi connectivity index (χ0) is 17.4. The fourth-order valence-corrected chi connectivity index (χ4v) is 4.28. The normalized spacial score (nSPS) is 22.2. The zero-order valence-corrected chi connectivity index (χ0v) is 14.3. The zero-order valence-electron chi connectivity index (χ0n) is 14.3. The second kappa shape index (κ2) is 6.06. The second-order valence-corrected chi connectivity index (χ2v) is 7.05. The lowest BCUT2D eigenvalue weighted by molar-refractivity contribution is -0.120. The molecule has 2 saturated heterocycles. The molecule has 2 aromatic rings. The summed E-state index contributed by atoms with van der Waals surface area (Å²) in [5.41, 5.74) is 1.60. The summed E-state index contributed by atoms with van der Waals surface area (Å²) in [4.78, 5) is 26.7. The van der Waals surface area contributed by atoms with E-state index in [-0.39, 0.29) is 23.3 Å². The molecule has 2 aliphatic rings. The lowest BCUT2D eigenvalue weighted by Gasteiger charge is -2.43. The monoisotopic (exact) mass is 338 g/mol. The Morgan fingerprint density at radius 3 is 2.56 bits per heavy atom. The Morgan fingerprint density at radius 2 is 1.92 bits per heavy atom. The first-order chi connectivity index (χ1) is 12.1. The summed E-state index contributed by atoms with van der Waals surface area (Å²) >= 11 is 0. The molecule has 2 amide bonds. The lowest BCUT2D eigenvalue weighted by atomic mass is 9.74. The molecule has 1 unspecified atom stereocenters. The summed E-state index contributed by atoms with van der Waals surface area (Å²) in [6.45, 7) is 3.10. The first-order valence-electron chi connectivity index (χ1n) is 8.78. The predicted molar refractivity (Wildman–Crippen MR) is 93.3 cm³/mol. The van der Waals surface area contributed by atoms with Crippen molar-refractivity contribution in [3.05, 3.63) is 59.5 Å². The minimum Gasteiger partial charge on any atom is -0.469 e. The Bertz CT molecular complexity index is 788. The molecule has 2 aliphatic heterocycles. The van der Waals surface area contributed by atoms with Crippen LogP contribution < -0.4 is 5.32 Å². The third-order valence-electron chi connectivity index (χ3n) is 5.68. The molecular formula is C20H22N2O3. The Kier molecular flexibility index (Phi) is 3.86. The Hall–Kier alpha value is -2.56. The van der Waals surface area contributed by atoms with Gasteiger partial charge in [-0.2, -0.15) is 0 Å². The molecule has 25 heavy (non-hydrogen) atoms. The second-order valence-electron chi connectivity index (χ2n) is 7.05. The van der Waals surface area contributed by atoms with Gasteiger partial charge in [0.05, 0.1) is 17.4 Å². The molecule has 130 valence electrons. The standard InChI is InChI=1S/C20H22N2O3/c1-14-16(7-12-25-14)19(24)22-10-8-20(9-11-22)17(13-18(23)21-20)15-5-3-2-4-6-15/h2-7,12,17H,8-11,13H2,1H3,(H,21,23). The van der Waals surface area contributed by atoms with Crippen LogP contribution in [0.1, 0.15) is 46.9 Å². The number of likely N-dealkylation sites (tertiary alicyclic amines) is 1. The highest BCUT2D eigenvalue weighted by molar-refractivity contribution is 5.95. The van der Waals surface area contributed by atoms with Gasteiger partial charge in [0.2, 0.25) is 5.91 Å². The summed E-state index contributed by atoms with van der Waals surface area (Å²) in [6.07, 6.45) is 3.64. The average Bonchev–Trinajstić information content (AvgIpc) is 3.19. The van der Waals surface area contributed by atoms with Crippen LogP contribution in [-0.4, -0.2) is 35.3 Å². The van der Waals surface area contributed by atoms with Crippen LogP contribution >= 0.6 is 0 Å². The molecule has 0 bridgehead atoms. The number of hydrogen-bond donors (Lipinski definition) is 1. The Labute approximate surface area is 147 Å². The van der Waals surface area contributed by atoms with Crippen LogP contribution in [0.2, 0.25) is 0 Å². The van der Waals surface area contributed by atoms with Crippen molar-refractivity contribution in [3.63, 3.8) is 0 Å². The van der Waals surface area contributed by atoms with Crippen molar-refractivity contribution in [2.45, 2.75) is 37.6 Å². The number of furan rings is 1. The maximum atomic E-state index is 12.7. The molecule has 4 rings (SSSR count). The number of hydrogen-bond acceptors (Lipinski definition) is 3. The summed E-state index contributed by atoms with van der Waals surface area (Å²) in [7, 11) is 0. The van der Waals surface area contributed by atoms with Crippen LogP contribution in [-0.2, 0) is 4.79 Å². The number of carbonyl (C=O) groups excluding carboxylic acids is 2. The molecule has 5 nitrogen and oxygen atoms in total. The molecule has 3 heterocycles. The smallest absolute Gasteiger partial charge is 0.257 e. The molecule has 1 atom stereocenters. The van der Waals surface area contributed by atoms with Gasteiger partial charge in [0.1, 0.15) is 5.76 Å². The van der Waals surface area contributed by atoms with Crippen molar-refractivity contribution in [3.8, 4) is 0 Å². The van der Waals surface area contributed by atoms with Gasteiger partial charge < -0.3 is 14.6 Å². The summed E-state index contributed by atoms with van der Waals surface area (Å²) < 4.78 is 5.25. The van der Waals surface area contributed by atoms with Crippen LogP contribution in [0.4, 0.5) is 0 Å². The van der Waals surface area contributed by atoms with Crippen molar-refractivity contribution in [1.82, 2.24) is 10.2 Å². The minimum absolute atomic E-state index is 0.0154. The molecular weight excluding hydrogens is 316 g/mol. The van der Waals surface area contributed by atoms with E-state index in [0.717, 1.165) is 12.8 Å². The van der Waals surface area contributed by atoms with Crippen LogP contribution in [0.15, 0.2) is 47.1 Å². The van der Waals surface area contributed by atoms with E-state index in [2.05, 4.69) is 17.4 Å². The fraction of sp³-hybridized carbons (Fsp3) is 0.400. The maximum absolute atomic E-state index is 12.7. The lowest BCUT2D eigenvalue weighted by Crippen LogP contribution is -2.54. The molecule has 1 aromatic heterocycles. The maximum Gasteiger partial charge on any atom is 0.257 e. The number of benzene rings is 1. The number of nitrogens with one attached hydrogen (secondary N) is 1.